The van der Waals surface area contributed by atoms with Crippen molar-refractivity contribution in [1.82, 2.24) is 15.2 Å². The number of nitrogens with one attached hydrogen (secondary N) is 1. The van der Waals surface area contributed by atoms with Gasteiger partial charge in [-0.2, -0.15) is 14.0 Å². The number of amides is 1. The van der Waals surface area contributed by atoms with Gasteiger partial charge in [-0.3, -0.25) is 14.7 Å². The number of hydrogen-bond acceptors (Lipinski definition) is 4. The molecule has 28 heavy (non-hydrogen) atoms. The van der Waals surface area contributed by atoms with Gasteiger partial charge in [0.1, 0.15) is 0 Å². The number of rotatable bonds is 5. The lowest BCUT2D eigenvalue weighted by atomic mass is 10.0. The Bertz CT molecular complexity index is 869. The molecule has 1 fully saturated rings. The van der Waals surface area contributed by atoms with E-state index in [-0.39, 0.29) is 18.5 Å². The van der Waals surface area contributed by atoms with Gasteiger partial charge in [-0.1, -0.05) is 18.2 Å². The Morgan fingerprint density at radius 1 is 1.29 bits per heavy atom. The maximum absolute atomic E-state index is 13.1. The minimum Gasteiger partial charge on any atom is -0.349 e. The van der Waals surface area contributed by atoms with Crippen molar-refractivity contribution in [3.05, 3.63) is 53.7 Å². The molecule has 0 radical (unpaired) electrons. The molecule has 8 heteroatoms. The van der Waals surface area contributed by atoms with Crippen LogP contribution in [0.15, 0.2) is 42.6 Å². The minimum atomic E-state index is -2.73. The maximum Gasteiger partial charge on any atom is 0.308 e. The smallest absolute Gasteiger partial charge is 0.308 e. The van der Waals surface area contributed by atoms with E-state index in [4.69, 9.17) is 0 Å². The van der Waals surface area contributed by atoms with Gasteiger partial charge in [0.05, 0.1) is 29.4 Å². The van der Waals surface area contributed by atoms with Gasteiger partial charge in [0.15, 0.2) is 0 Å². The summed E-state index contributed by atoms with van der Waals surface area (Å²) in [5, 5.41) is 12.2. The highest BCUT2D eigenvalue weighted by Crippen LogP contribution is 2.25. The molecule has 2 heterocycles. The van der Waals surface area contributed by atoms with Crippen LogP contribution in [0.1, 0.15) is 28.8 Å². The predicted octanol–water partition coefficient (Wildman–Crippen LogP) is 3.84. The van der Waals surface area contributed by atoms with Crippen LogP contribution in [0.5, 0.6) is 0 Å². The quantitative estimate of drug-likeness (QED) is 0.505. The Hall–Kier alpha value is -2.12. The van der Waals surface area contributed by atoms with Crippen LogP contribution in [0.25, 0.3) is 11.3 Å². The van der Waals surface area contributed by atoms with Crippen molar-refractivity contribution in [1.29, 1.82) is 5.26 Å². The van der Waals surface area contributed by atoms with Gasteiger partial charge in [0.25, 0.3) is 5.91 Å². The van der Waals surface area contributed by atoms with Gasteiger partial charge >= 0.3 is 3.93 Å². The van der Waals surface area contributed by atoms with Gasteiger partial charge < -0.3 is 5.32 Å². The molecule has 1 amide bonds. The number of alkyl halides is 3. The van der Waals surface area contributed by atoms with Crippen LogP contribution < -0.4 is 5.32 Å². The van der Waals surface area contributed by atoms with E-state index in [1.807, 2.05) is 12.1 Å². The summed E-state index contributed by atoms with van der Waals surface area (Å²) >= 11 is 1.15. The van der Waals surface area contributed by atoms with E-state index in [9.17, 15) is 18.8 Å². The number of nitrogens with zero attached hydrogens (tertiary/aromatic N) is 3. The van der Waals surface area contributed by atoms with Gasteiger partial charge in [-0.25, -0.2) is 0 Å². The molecule has 3 rings (SSSR count). The molecule has 5 nitrogen and oxygen atoms in total. The van der Waals surface area contributed by atoms with Gasteiger partial charge in [-0.15, -0.1) is 0 Å². The van der Waals surface area contributed by atoms with Crippen molar-refractivity contribution < 1.29 is 13.6 Å². The number of aromatic nitrogens is 1. The van der Waals surface area contributed by atoms with Crippen LogP contribution in [0.4, 0.5) is 8.78 Å². The molecule has 1 saturated heterocycles. The number of nitriles is 1. The summed E-state index contributed by atoms with van der Waals surface area (Å²) in [6.45, 7) is 0.807. The topological polar surface area (TPSA) is 69.0 Å². The number of pyridine rings is 1. The highest BCUT2D eigenvalue weighted by molar-refractivity contribution is 14.1. The number of carbonyl (C=O) groups excluding carboxylic acids is 1. The van der Waals surface area contributed by atoms with Crippen LogP contribution in [0.2, 0.25) is 0 Å². The number of benzene rings is 1. The first-order valence-electron chi connectivity index (χ1n) is 8.91. The Morgan fingerprint density at radius 3 is 2.61 bits per heavy atom. The van der Waals surface area contributed by atoms with Crippen LogP contribution >= 0.6 is 22.6 Å². The van der Waals surface area contributed by atoms with Crippen LogP contribution in [0.3, 0.4) is 0 Å². The molecule has 1 aromatic carbocycles. The zero-order valence-corrected chi connectivity index (χ0v) is 17.2. The number of piperidine rings is 1. The fraction of sp³-hybridized carbons (Fsp3) is 0.350. The highest BCUT2D eigenvalue weighted by Gasteiger charge is 2.30. The van der Waals surface area contributed by atoms with Crippen molar-refractivity contribution in [3.63, 3.8) is 0 Å². The van der Waals surface area contributed by atoms with Gasteiger partial charge in [0.2, 0.25) is 0 Å². The first-order valence-corrected chi connectivity index (χ1v) is 9.99. The third-order valence-corrected chi connectivity index (χ3v) is 5.02. The predicted molar refractivity (Wildman–Crippen MR) is 110 cm³/mol. The fourth-order valence-electron chi connectivity index (χ4n) is 3.25. The van der Waals surface area contributed by atoms with Crippen LogP contribution in [-0.2, 0) is 0 Å². The number of carbonyl (C=O) groups is 1. The Kier molecular flexibility index (Phi) is 6.57. The lowest BCUT2D eigenvalue weighted by Gasteiger charge is -2.33. The van der Waals surface area contributed by atoms with E-state index in [0.717, 1.165) is 28.2 Å². The first-order chi connectivity index (χ1) is 13.4. The molecule has 0 saturated carbocycles. The third kappa shape index (κ3) is 5.45. The molecule has 146 valence electrons. The molecule has 0 unspecified atom stereocenters. The van der Waals surface area contributed by atoms with Crippen LogP contribution in [-0.4, -0.2) is 45.4 Å². The summed E-state index contributed by atoms with van der Waals surface area (Å²) in [4.78, 5) is 18.5. The van der Waals surface area contributed by atoms with Crippen molar-refractivity contribution in [2.45, 2.75) is 22.8 Å². The average molecular weight is 496 g/mol. The monoisotopic (exact) mass is 496 g/mol. The first kappa shape index (κ1) is 20.6. The van der Waals surface area contributed by atoms with E-state index in [1.54, 1.807) is 29.2 Å². The molecule has 2 aromatic rings. The Labute approximate surface area is 175 Å². The summed E-state index contributed by atoms with van der Waals surface area (Å²) in [5.74, 6) is -0.231. The molecule has 1 aliphatic heterocycles. The minimum absolute atomic E-state index is 0.0365. The zero-order valence-electron chi connectivity index (χ0n) is 15.0. The number of hydrogen-bond donors (Lipinski definition) is 1. The zero-order chi connectivity index (χ0) is 20.1. The molecule has 0 spiro atoms. The Balaban J connectivity index is 1.58. The maximum atomic E-state index is 13.1. The van der Waals surface area contributed by atoms with Crippen molar-refractivity contribution >= 4 is 28.5 Å². The van der Waals surface area contributed by atoms with Gasteiger partial charge in [0, 0.05) is 53.5 Å². The third-order valence-electron chi connectivity index (χ3n) is 4.67. The second-order valence-electron chi connectivity index (χ2n) is 6.73. The van der Waals surface area contributed by atoms with Crippen molar-refractivity contribution in [2.75, 3.05) is 19.6 Å². The fourth-order valence-corrected chi connectivity index (χ4v) is 3.73. The summed E-state index contributed by atoms with van der Waals surface area (Å²) in [6.07, 6.45) is 2.77. The van der Waals surface area contributed by atoms with Crippen molar-refractivity contribution in [3.8, 4) is 17.3 Å². The number of likely N-dealkylation sites (tertiary alicyclic amines) is 1. The second-order valence-corrected chi connectivity index (χ2v) is 8.31. The van der Waals surface area contributed by atoms with Crippen molar-refractivity contribution in [2.24, 2.45) is 0 Å². The lowest BCUT2D eigenvalue weighted by Crippen LogP contribution is -2.46. The largest absolute Gasteiger partial charge is 0.349 e. The molecule has 0 bridgehead atoms. The van der Waals surface area contributed by atoms with Crippen LogP contribution in [0, 0.1) is 11.3 Å². The average Bonchev–Trinajstić information content (AvgIpc) is 2.68. The van der Waals surface area contributed by atoms with Gasteiger partial charge in [-0.05, 0) is 31.0 Å². The molecule has 1 aromatic heterocycles. The van der Waals surface area contributed by atoms with E-state index in [2.05, 4.69) is 16.4 Å². The molecule has 1 N–H and O–H groups in total. The van der Waals surface area contributed by atoms with E-state index >= 15 is 0 Å². The SMILES string of the molecule is N#Cc1ccccc1-c1ccc(C(=O)NC2CCN(CC(F)(F)I)CC2)cn1. The lowest BCUT2D eigenvalue weighted by molar-refractivity contribution is 0.0571. The standard InChI is InChI=1S/C20H19F2IN4O/c21-20(22,23)13-27-9-7-16(8-10-27)26-19(28)15-5-6-18(25-12-15)17-4-2-1-3-14(17)11-24/h1-6,12,16H,7-10,13H2,(H,26,28). The molecule has 0 aliphatic carbocycles. The van der Waals surface area contributed by atoms with E-state index in [0.29, 0.717) is 42.8 Å². The number of halogens is 3. The summed E-state index contributed by atoms with van der Waals surface area (Å²) in [6, 6.07) is 12.6. The second kappa shape index (κ2) is 8.92. The Morgan fingerprint density at radius 2 is 2.00 bits per heavy atom. The summed E-state index contributed by atoms with van der Waals surface area (Å²) in [7, 11) is 0. The summed E-state index contributed by atoms with van der Waals surface area (Å²) < 4.78 is 23.4. The molecule has 1 aliphatic rings. The molecular formula is C20H19F2IN4O. The highest BCUT2D eigenvalue weighted by atomic mass is 127. The molecular weight excluding hydrogens is 477 g/mol. The summed E-state index contributed by atoms with van der Waals surface area (Å²) in [5.41, 5.74) is 2.30. The normalized spacial score (nSPS) is 15.8. The van der Waals surface area contributed by atoms with E-state index in [1.165, 1.54) is 6.20 Å². The van der Waals surface area contributed by atoms with E-state index < -0.39 is 3.93 Å². The molecule has 0 atom stereocenters.